The summed E-state index contributed by atoms with van der Waals surface area (Å²) < 4.78 is 27.3. The number of nitrogens with zero attached hydrogens (tertiary/aromatic N) is 2. The van der Waals surface area contributed by atoms with E-state index in [0.29, 0.717) is 24.3 Å². The van der Waals surface area contributed by atoms with Crippen LogP contribution in [-0.2, 0) is 6.54 Å². The van der Waals surface area contributed by atoms with Crippen LogP contribution in [-0.4, -0.2) is 59.1 Å². The van der Waals surface area contributed by atoms with E-state index in [1.165, 1.54) is 12.1 Å². The van der Waals surface area contributed by atoms with Crippen LogP contribution < -0.4 is 10.6 Å². The number of benzene rings is 1. The summed E-state index contributed by atoms with van der Waals surface area (Å²) in [5.41, 5.74) is 1.09. The lowest BCUT2D eigenvalue weighted by molar-refractivity contribution is 0.116. The van der Waals surface area contributed by atoms with Crippen molar-refractivity contribution in [1.82, 2.24) is 25.4 Å². The molecule has 0 radical (unpaired) electrons. The van der Waals surface area contributed by atoms with E-state index in [2.05, 4.69) is 15.6 Å². The molecular weight excluding hydrogens is 380 g/mol. The highest BCUT2D eigenvalue weighted by atomic mass is 19.2. The molecule has 0 bridgehead atoms. The van der Waals surface area contributed by atoms with Gasteiger partial charge in [0.25, 0.3) is 0 Å². The van der Waals surface area contributed by atoms with Crippen LogP contribution in [0.4, 0.5) is 18.4 Å². The number of piperidine rings is 1. The summed E-state index contributed by atoms with van der Waals surface area (Å²) in [7, 11) is 1.60. The Morgan fingerprint density at radius 3 is 2.76 bits per heavy atom. The Morgan fingerprint density at radius 1 is 1.24 bits per heavy atom. The quantitative estimate of drug-likeness (QED) is 0.731. The molecule has 1 aromatic carbocycles. The number of H-pyrrole nitrogens is 1. The fourth-order valence-electron chi connectivity index (χ4n) is 4.06. The van der Waals surface area contributed by atoms with Crippen molar-refractivity contribution in [2.75, 3.05) is 20.1 Å². The number of nitrogens with one attached hydrogen (secondary N) is 3. The molecule has 1 saturated carbocycles. The van der Waals surface area contributed by atoms with Gasteiger partial charge < -0.3 is 25.4 Å². The largest absolute Gasteiger partial charge is 0.357 e. The topological polar surface area (TPSA) is 80.5 Å². The number of carbonyl (C=O) groups is 2. The van der Waals surface area contributed by atoms with E-state index in [9.17, 15) is 18.4 Å². The van der Waals surface area contributed by atoms with Crippen LogP contribution in [0.5, 0.6) is 0 Å². The minimum absolute atomic E-state index is 0.0252. The molecule has 1 saturated heterocycles. The third kappa shape index (κ3) is 3.99. The summed E-state index contributed by atoms with van der Waals surface area (Å²) >= 11 is 0. The van der Waals surface area contributed by atoms with Crippen molar-refractivity contribution in [3.05, 3.63) is 35.5 Å². The zero-order valence-electron chi connectivity index (χ0n) is 16.3. The molecule has 0 unspecified atom stereocenters. The number of amides is 4. The molecule has 156 valence electrons. The van der Waals surface area contributed by atoms with Gasteiger partial charge >= 0.3 is 12.1 Å². The van der Waals surface area contributed by atoms with Crippen LogP contribution >= 0.6 is 0 Å². The molecule has 2 aromatic rings. The number of hydrogen-bond donors (Lipinski definition) is 3. The van der Waals surface area contributed by atoms with Crippen molar-refractivity contribution in [2.45, 2.75) is 44.3 Å². The van der Waals surface area contributed by atoms with Crippen LogP contribution in [0.2, 0.25) is 0 Å². The van der Waals surface area contributed by atoms with Gasteiger partial charge in [-0.25, -0.2) is 18.4 Å². The van der Waals surface area contributed by atoms with Gasteiger partial charge in [-0.05, 0) is 43.9 Å². The number of halogens is 2. The van der Waals surface area contributed by atoms with Gasteiger partial charge in [-0.2, -0.15) is 0 Å². The summed E-state index contributed by atoms with van der Waals surface area (Å²) in [6.45, 7) is 1.39. The van der Waals surface area contributed by atoms with Crippen molar-refractivity contribution in [1.29, 1.82) is 0 Å². The standard InChI is InChI=1S/C20H25F2N5O2/c1-23-19(28)26-8-2-3-14(11-26)27(13-4-5-13)20(29)24-10-12-9-15-17(25-12)7-6-16(21)18(15)22/h6-7,9,13-14,25H,2-5,8,10-11H2,1H3,(H,23,28)(H,24,29)/t14-/m1/s1. The number of fused-ring (bicyclic) bond motifs is 1. The van der Waals surface area contributed by atoms with Crippen molar-refractivity contribution >= 4 is 23.0 Å². The van der Waals surface area contributed by atoms with Gasteiger partial charge in [0.15, 0.2) is 11.6 Å². The Morgan fingerprint density at radius 2 is 2.03 bits per heavy atom. The molecule has 2 fully saturated rings. The van der Waals surface area contributed by atoms with Gasteiger partial charge in [-0.15, -0.1) is 0 Å². The third-order valence-electron chi connectivity index (χ3n) is 5.64. The van der Waals surface area contributed by atoms with Crippen LogP contribution in [0.25, 0.3) is 10.9 Å². The Hall–Kier alpha value is -2.84. The summed E-state index contributed by atoms with van der Waals surface area (Å²) in [5.74, 6) is -1.79. The number of rotatable bonds is 4. The second kappa shape index (κ2) is 7.88. The van der Waals surface area contributed by atoms with E-state index < -0.39 is 11.6 Å². The summed E-state index contributed by atoms with van der Waals surface area (Å²) in [4.78, 5) is 31.5. The number of likely N-dealkylation sites (tertiary alicyclic amines) is 1. The molecule has 4 amide bonds. The molecule has 0 spiro atoms. The van der Waals surface area contributed by atoms with Crippen molar-refractivity contribution in [2.24, 2.45) is 0 Å². The summed E-state index contributed by atoms with van der Waals surface area (Å²) in [5, 5.41) is 5.70. The number of urea groups is 2. The molecule has 9 heteroatoms. The predicted octanol–water partition coefficient (Wildman–Crippen LogP) is 2.92. The molecular formula is C20H25F2N5O2. The van der Waals surface area contributed by atoms with Crippen LogP contribution in [0.1, 0.15) is 31.4 Å². The minimum atomic E-state index is -0.898. The maximum absolute atomic E-state index is 13.9. The summed E-state index contributed by atoms with van der Waals surface area (Å²) in [6.07, 6.45) is 3.62. The van der Waals surface area contributed by atoms with Crippen LogP contribution in [0.3, 0.4) is 0 Å². The zero-order valence-corrected chi connectivity index (χ0v) is 16.3. The number of aromatic amines is 1. The Labute approximate surface area is 167 Å². The highest BCUT2D eigenvalue weighted by Crippen LogP contribution is 2.31. The predicted molar refractivity (Wildman–Crippen MR) is 104 cm³/mol. The van der Waals surface area contributed by atoms with Crippen molar-refractivity contribution in [3.63, 3.8) is 0 Å². The smallest absolute Gasteiger partial charge is 0.318 e. The number of hydrogen-bond acceptors (Lipinski definition) is 2. The van der Waals surface area contributed by atoms with Crippen molar-refractivity contribution < 1.29 is 18.4 Å². The average molecular weight is 405 g/mol. The monoisotopic (exact) mass is 405 g/mol. The second-order valence-corrected chi connectivity index (χ2v) is 7.71. The second-order valence-electron chi connectivity index (χ2n) is 7.71. The van der Waals surface area contributed by atoms with Gasteiger partial charge in [0.1, 0.15) is 0 Å². The highest BCUT2D eigenvalue weighted by molar-refractivity contribution is 5.81. The molecule has 2 heterocycles. The molecule has 1 aromatic heterocycles. The molecule has 1 aliphatic carbocycles. The van der Waals surface area contributed by atoms with Crippen molar-refractivity contribution in [3.8, 4) is 0 Å². The van der Waals surface area contributed by atoms with E-state index in [-0.39, 0.29) is 36.1 Å². The first kappa shape index (κ1) is 19.5. The Balaban J connectivity index is 1.43. The first-order valence-electron chi connectivity index (χ1n) is 9.96. The van der Waals surface area contributed by atoms with E-state index >= 15 is 0 Å². The maximum atomic E-state index is 13.9. The zero-order chi connectivity index (χ0) is 20.5. The lowest BCUT2D eigenvalue weighted by Crippen LogP contribution is -2.56. The number of carbonyl (C=O) groups excluding carboxylic acids is 2. The fraction of sp³-hybridized carbons (Fsp3) is 0.500. The van der Waals surface area contributed by atoms with Crippen LogP contribution in [0.15, 0.2) is 18.2 Å². The van der Waals surface area contributed by atoms with Gasteiger partial charge in [-0.1, -0.05) is 0 Å². The van der Waals surface area contributed by atoms with E-state index in [1.54, 1.807) is 11.9 Å². The molecule has 7 nitrogen and oxygen atoms in total. The third-order valence-corrected chi connectivity index (χ3v) is 5.64. The molecule has 3 N–H and O–H groups in total. The van der Waals surface area contributed by atoms with E-state index in [0.717, 1.165) is 31.7 Å². The van der Waals surface area contributed by atoms with Gasteiger partial charge in [0.05, 0.1) is 12.6 Å². The SMILES string of the molecule is CNC(=O)N1CCC[C@@H](N(C(=O)NCc2cc3c(F)c(F)ccc3[nH]2)C2CC2)C1. The lowest BCUT2D eigenvalue weighted by Gasteiger charge is -2.39. The maximum Gasteiger partial charge on any atom is 0.318 e. The summed E-state index contributed by atoms with van der Waals surface area (Å²) in [6, 6.07) is 3.92. The van der Waals surface area contributed by atoms with Gasteiger partial charge in [-0.3, -0.25) is 0 Å². The average Bonchev–Trinajstić information content (AvgIpc) is 3.47. The lowest BCUT2D eigenvalue weighted by atomic mass is 10.0. The molecule has 1 atom stereocenters. The normalized spacial score (nSPS) is 19.3. The Kier molecular flexibility index (Phi) is 5.29. The van der Waals surface area contributed by atoms with Gasteiger partial charge in [0, 0.05) is 42.8 Å². The fourth-order valence-corrected chi connectivity index (χ4v) is 4.06. The first-order valence-corrected chi connectivity index (χ1v) is 9.96. The first-order chi connectivity index (χ1) is 14.0. The molecule has 29 heavy (non-hydrogen) atoms. The van der Waals surface area contributed by atoms with Crippen LogP contribution in [0, 0.1) is 11.6 Å². The molecule has 4 rings (SSSR count). The van der Waals surface area contributed by atoms with E-state index in [4.69, 9.17) is 0 Å². The highest BCUT2D eigenvalue weighted by Gasteiger charge is 2.39. The number of aromatic nitrogens is 1. The molecule has 1 aliphatic heterocycles. The van der Waals surface area contributed by atoms with E-state index in [1.807, 2.05) is 4.90 Å². The minimum Gasteiger partial charge on any atom is -0.357 e. The van der Waals surface area contributed by atoms with Gasteiger partial charge in [0.2, 0.25) is 0 Å². The molecule has 2 aliphatic rings. The Bertz CT molecular complexity index is 927.